The Morgan fingerprint density at radius 2 is 2.29 bits per heavy atom. The Hall–Kier alpha value is -1.27. The topological polar surface area (TPSA) is 20.3 Å². The van der Waals surface area contributed by atoms with Gasteiger partial charge in [0.1, 0.15) is 0 Å². The molecule has 1 heterocycles. The Labute approximate surface area is 107 Å². The van der Waals surface area contributed by atoms with Crippen LogP contribution in [0.1, 0.15) is 33.0 Å². The first kappa shape index (κ1) is 12.2. The minimum atomic E-state index is 0.0936. The van der Waals surface area contributed by atoms with Crippen LogP contribution in [0.5, 0.6) is 0 Å². The SMILES string of the molecule is C#CCN(CC1CC1)C(=O)c1cc(C)c(C)s1. The van der Waals surface area contributed by atoms with Crippen molar-refractivity contribution in [3.63, 3.8) is 0 Å². The third-order valence-electron chi connectivity index (χ3n) is 3.12. The van der Waals surface area contributed by atoms with Crippen LogP contribution < -0.4 is 0 Å². The van der Waals surface area contributed by atoms with Gasteiger partial charge in [-0.25, -0.2) is 0 Å². The van der Waals surface area contributed by atoms with Crippen molar-refractivity contribution in [1.29, 1.82) is 0 Å². The number of nitrogens with zero attached hydrogens (tertiary/aromatic N) is 1. The van der Waals surface area contributed by atoms with Gasteiger partial charge >= 0.3 is 0 Å². The fourth-order valence-electron chi connectivity index (χ4n) is 1.78. The average Bonchev–Trinajstić information content (AvgIpc) is 3.04. The summed E-state index contributed by atoms with van der Waals surface area (Å²) in [6.07, 6.45) is 7.80. The van der Waals surface area contributed by atoms with Gasteiger partial charge in [0.2, 0.25) is 0 Å². The summed E-state index contributed by atoms with van der Waals surface area (Å²) in [5.41, 5.74) is 1.19. The highest BCUT2D eigenvalue weighted by atomic mass is 32.1. The number of carbonyl (C=O) groups is 1. The van der Waals surface area contributed by atoms with E-state index in [2.05, 4.69) is 5.92 Å². The second-order valence-electron chi connectivity index (χ2n) is 4.68. The Bertz CT molecular complexity index is 446. The molecule has 1 aliphatic rings. The maximum atomic E-state index is 12.3. The average molecular weight is 247 g/mol. The molecule has 90 valence electrons. The smallest absolute Gasteiger partial charge is 0.264 e. The maximum absolute atomic E-state index is 12.3. The molecule has 0 N–H and O–H groups in total. The minimum Gasteiger partial charge on any atom is -0.327 e. The Morgan fingerprint density at radius 1 is 1.59 bits per heavy atom. The molecule has 1 fully saturated rings. The van der Waals surface area contributed by atoms with Crippen molar-refractivity contribution in [3.8, 4) is 12.3 Å². The summed E-state index contributed by atoms with van der Waals surface area (Å²) >= 11 is 1.56. The third kappa shape index (κ3) is 2.89. The largest absolute Gasteiger partial charge is 0.327 e. The van der Waals surface area contributed by atoms with Gasteiger partial charge in [-0.1, -0.05) is 5.92 Å². The first-order chi connectivity index (χ1) is 8.11. The number of carbonyl (C=O) groups excluding carboxylic acids is 1. The molecule has 0 radical (unpaired) electrons. The van der Waals surface area contributed by atoms with E-state index in [1.165, 1.54) is 23.3 Å². The number of hydrogen-bond acceptors (Lipinski definition) is 2. The molecular weight excluding hydrogens is 230 g/mol. The maximum Gasteiger partial charge on any atom is 0.264 e. The van der Waals surface area contributed by atoms with E-state index in [-0.39, 0.29) is 5.91 Å². The molecule has 1 aromatic heterocycles. The molecule has 0 aromatic carbocycles. The van der Waals surface area contributed by atoms with Gasteiger partial charge in [-0.15, -0.1) is 17.8 Å². The second kappa shape index (κ2) is 4.93. The lowest BCUT2D eigenvalue weighted by molar-refractivity contribution is 0.0774. The molecule has 1 amide bonds. The highest BCUT2D eigenvalue weighted by molar-refractivity contribution is 7.14. The molecule has 17 heavy (non-hydrogen) atoms. The van der Waals surface area contributed by atoms with Crippen LogP contribution in [0, 0.1) is 32.1 Å². The van der Waals surface area contributed by atoms with E-state index in [0.29, 0.717) is 12.5 Å². The predicted molar refractivity (Wildman–Crippen MR) is 71.3 cm³/mol. The number of amides is 1. The Balaban J connectivity index is 2.11. The molecule has 1 aromatic rings. The van der Waals surface area contributed by atoms with Gasteiger partial charge in [-0.05, 0) is 44.2 Å². The summed E-state index contributed by atoms with van der Waals surface area (Å²) in [7, 11) is 0. The van der Waals surface area contributed by atoms with Crippen LogP contribution in [0.4, 0.5) is 0 Å². The Kier molecular flexibility index (Phi) is 3.54. The van der Waals surface area contributed by atoms with Gasteiger partial charge < -0.3 is 4.90 Å². The zero-order chi connectivity index (χ0) is 12.4. The lowest BCUT2D eigenvalue weighted by Crippen LogP contribution is -2.32. The number of thiophene rings is 1. The molecule has 0 unspecified atom stereocenters. The van der Waals surface area contributed by atoms with Crippen LogP contribution >= 0.6 is 11.3 Å². The molecule has 0 atom stereocenters. The second-order valence-corrected chi connectivity index (χ2v) is 5.94. The van der Waals surface area contributed by atoms with Crippen molar-refractivity contribution in [1.82, 2.24) is 4.90 Å². The lowest BCUT2D eigenvalue weighted by Gasteiger charge is -2.19. The van der Waals surface area contributed by atoms with Crippen molar-refractivity contribution in [2.45, 2.75) is 26.7 Å². The number of aryl methyl sites for hydroxylation is 2. The van der Waals surface area contributed by atoms with Crippen LogP contribution in [-0.4, -0.2) is 23.9 Å². The molecule has 0 spiro atoms. The fourth-order valence-corrected chi connectivity index (χ4v) is 2.78. The summed E-state index contributed by atoms with van der Waals surface area (Å²) in [5.74, 6) is 3.35. The van der Waals surface area contributed by atoms with Crippen LogP contribution in [0.25, 0.3) is 0 Å². The van der Waals surface area contributed by atoms with Crippen molar-refractivity contribution in [2.75, 3.05) is 13.1 Å². The van der Waals surface area contributed by atoms with Gasteiger partial charge in [0.25, 0.3) is 5.91 Å². The van der Waals surface area contributed by atoms with Crippen LogP contribution in [0.2, 0.25) is 0 Å². The molecule has 0 saturated heterocycles. The summed E-state index contributed by atoms with van der Waals surface area (Å²) in [6.45, 7) is 5.32. The van der Waals surface area contributed by atoms with Crippen LogP contribution in [0.3, 0.4) is 0 Å². The van der Waals surface area contributed by atoms with Gasteiger partial charge in [-0.2, -0.15) is 0 Å². The van der Waals surface area contributed by atoms with E-state index < -0.39 is 0 Å². The zero-order valence-corrected chi connectivity index (χ0v) is 11.1. The van der Waals surface area contributed by atoms with Crippen LogP contribution in [-0.2, 0) is 0 Å². The van der Waals surface area contributed by atoms with Crippen molar-refractivity contribution in [3.05, 3.63) is 21.4 Å². The summed E-state index contributed by atoms with van der Waals surface area (Å²) in [4.78, 5) is 16.1. The number of terminal acetylenes is 1. The zero-order valence-electron chi connectivity index (χ0n) is 10.3. The highest BCUT2D eigenvalue weighted by Gasteiger charge is 2.27. The van der Waals surface area contributed by atoms with Crippen molar-refractivity contribution >= 4 is 17.2 Å². The van der Waals surface area contributed by atoms with E-state index in [4.69, 9.17) is 6.42 Å². The summed E-state index contributed by atoms with van der Waals surface area (Å²) in [5, 5.41) is 0. The van der Waals surface area contributed by atoms with Crippen molar-refractivity contribution in [2.24, 2.45) is 5.92 Å². The molecule has 2 rings (SSSR count). The minimum absolute atomic E-state index is 0.0936. The summed E-state index contributed by atoms with van der Waals surface area (Å²) in [6, 6.07) is 1.97. The molecule has 3 heteroatoms. The third-order valence-corrected chi connectivity index (χ3v) is 4.26. The monoisotopic (exact) mass is 247 g/mol. The number of rotatable bonds is 4. The van der Waals surface area contributed by atoms with E-state index in [9.17, 15) is 4.79 Å². The van der Waals surface area contributed by atoms with E-state index in [1.807, 2.05) is 24.8 Å². The predicted octanol–water partition coefficient (Wildman–Crippen LogP) is 2.85. The van der Waals surface area contributed by atoms with E-state index >= 15 is 0 Å². The standard InChI is InChI=1S/C14H17NOS/c1-4-7-15(9-12-5-6-12)14(16)13-8-10(2)11(3)17-13/h1,8,12H,5-7,9H2,2-3H3. The number of hydrogen-bond donors (Lipinski definition) is 0. The van der Waals surface area contributed by atoms with E-state index in [0.717, 1.165) is 11.4 Å². The quantitative estimate of drug-likeness (QED) is 0.749. The first-order valence-electron chi connectivity index (χ1n) is 5.91. The molecule has 0 bridgehead atoms. The van der Waals surface area contributed by atoms with Gasteiger partial charge in [0.15, 0.2) is 0 Å². The molecule has 0 aliphatic heterocycles. The van der Waals surface area contributed by atoms with Crippen LogP contribution in [0.15, 0.2) is 6.07 Å². The molecule has 1 saturated carbocycles. The fraction of sp³-hybridized carbons (Fsp3) is 0.500. The normalized spacial score (nSPS) is 14.4. The van der Waals surface area contributed by atoms with Gasteiger partial charge in [0.05, 0.1) is 11.4 Å². The van der Waals surface area contributed by atoms with Gasteiger partial charge in [-0.3, -0.25) is 4.79 Å². The summed E-state index contributed by atoms with van der Waals surface area (Å²) < 4.78 is 0. The van der Waals surface area contributed by atoms with E-state index in [1.54, 1.807) is 11.3 Å². The first-order valence-corrected chi connectivity index (χ1v) is 6.73. The van der Waals surface area contributed by atoms with Gasteiger partial charge in [0, 0.05) is 11.4 Å². The Morgan fingerprint density at radius 3 is 2.76 bits per heavy atom. The molecular formula is C14H17NOS. The molecule has 1 aliphatic carbocycles. The van der Waals surface area contributed by atoms with Crippen molar-refractivity contribution < 1.29 is 4.79 Å². The molecule has 2 nitrogen and oxygen atoms in total. The highest BCUT2D eigenvalue weighted by Crippen LogP contribution is 2.30. The lowest BCUT2D eigenvalue weighted by atomic mass is 10.2.